The van der Waals surface area contributed by atoms with Gasteiger partial charge in [-0.2, -0.15) is 0 Å². The van der Waals surface area contributed by atoms with Crippen LogP contribution in [0.1, 0.15) is 16.1 Å². The number of hydrazine groups is 1. The zero-order valence-electron chi connectivity index (χ0n) is 9.55. The topological polar surface area (TPSA) is 56.9 Å². The van der Waals surface area contributed by atoms with Gasteiger partial charge in [-0.05, 0) is 46.6 Å². The number of aromatic nitrogens is 1. The van der Waals surface area contributed by atoms with Crippen molar-refractivity contribution in [3.63, 3.8) is 0 Å². The SMILES string of the molecule is Cc1ccc(NNC(=O)c2cc(Br)c[nH]2)cc1Cl. The van der Waals surface area contributed by atoms with Crippen molar-refractivity contribution in [2.45, 2.75) is 6.92 Å². The van der Waals surface area contributed by atoms with E-state index in [2.05, 4.69) is 31.8 Å². The predicted octanol–water partition coefficient (Wildman–Crippen LogP) is 3.50. The summed E-state index contributed by atoms with van der Waals surface area (Å²) < 4.78 is 0.825. The van der Waals surface area contributed by atoms with Gasteiger partial charge in [-0.1, -0.05) is 17.7 Å². The van der Waals surface area contributed by atoms with E-state index < -0.39 is 0 Å². The second-order valence-corrected chi connectivity index (χ2v) is 5.10. The Labute approximate surface area is 118 Å². The number of anilines is 1. The van der Waals surface area contributed by atoms with Crippen molar-refractivity contribution in [3.8, 4) is 0 Å². The molecule has 0 saturated carbocycles. The highest BCUT2D eigenvalue weighted by Crippen LogP contribution is 2.19. The van der Waals surface area contributed by atoms with Gasteiger partial charge >= 0.3 is 0 Å². The van der Waals surface area contributed by atoms with Gasteiger partial charge < -0.3 is 4.98 Å². The zero-order chi connectivity index (χ0) is 13.1. The molecule has 2 aromatic rings. The van der Waals surface area contributed by atoms with Crippen LogP contribution in [-0.2, 0) is 0 Å². The molecule has 0 atom stereocenters. The molecule has 0 saturated heterocycles. The Morgan fingerprint density at radius 2 is 2.17 bits per heavy atom. The zero-order valence-corrected chi connectivity index (χ0v) is 11.9. The molecule has 0 spiro atoms. The van der Waals surface area contributed by atoms with Gasteiger partial charge in [0.15, 0.2) is 0 Å². The van der Waals surface area contributed by atoms with E-state index in [4.69, 9.17) is 11.6 Å². The fourth-order valence-corrected chi connectivity index (χ4v) is 1.89. The van der Waals surface area contributed by atoms with Crippen LogP contribution in [0.2, 0.25) is 5.02 Å². The number of halogens is 2. The number of rotatable bonds is 3. The molecule has 0 aliphatic carbocycles. The highest BCUT2D eigenvalue weighted by Gasteiger charge is 2.07. The second kappa shape index (κ2) is 5.46. The third kappa shape index (κ3) is 3.05. The summed E-state index contributed by atoms with van der Waals surface area (Å²) in [6.45, 7) is 1.92. The largest absolute Gasteiger partial charge is 0.356 e. The third-order valence-electron chi connectivity index (χ3n) is 2.38. The van der Waals surface area contributed by atoms with Crippen LogP contribution < -0.4 is 10.9 Å². The van der Waals surface area contributed by atoms with Crippen molar-refractivity contribution in [2.24, 2.45) is 0 Å². The summed E-state index contributed by atoms with van der Waals surface area (Å²) in [6.07, 6.45) is 1.69. The molecular weight excluding hydrogens is 318 g/mol. The lowest BCUT2D eigenvalue weighted by atomic mass is 10.2. The van der Waals surface area contributed by atoms with Gasteiger partial charge in [0.1, 0.15) is 5.69 Å². The summed E-state index contributed by atoms with van der Waals surface area (Å²) >= 11 is 9.25. The average Bonchev–Trinajstić information content (AvgIpc) is 2.77. The minimum absolute atomic E-state index is 0.252. The first-order valence-corrected chi connectivity index (χ1v) is 6.40. The number of hydrogen-bond acceptors (Lipinski definition) is 2. The molecule has 6 heteroatoms. The molecular formula is C12H11BrClN3O. The lowest BCUT2D eigenvalue weighted by molar-refractivity contribution is 0.0958. The molecule has 0 bridgehead atoms. The van der Waals surface area contributed by atoms with Crippen molar-refractivity contribution < 1.29 is 4.79 Å². The molecule has 2 rings (SSSR count). The molecule has 94 valence electrons. The van der Waals surface area contributed by atoms with E-state index in [0.29, 0.717) is 10.7 Å². The number of hydrogen-bond donors (Lipinski definition) is 3. The molecule has 4 nitrogen and oxygen atoms in total. The van der Waals surface area contributed by atoms with E-state index in [9.17, 15) is 4.79 Å². The molecule has 0 fully saturated rings. The van der Waals surface area contributed by atoms with E-state index >= 15 is 0 Å². The lowest BCUT2D eigenvalue weighted by Crippen LogP contribution is -2.29. The van der Waals surface area contributed by atoms with Crippen molar-refractivity contribution in [2.75, 3.05) is 5.43 Å². The van der Waals surface area contributed by atoms with E-state index in [1.165, 1.54) is 0 Å². The first kappa shape index (κ1) is 13.0. The third-order valence-corrected chi connectivity index (χ3v) is 3.25. The highest BCUT2D eigenvalue weighted by atomic mass is 79.9. The number of benzene rings is 1. The highest BCUT2D eigenvalue weighted by molar-refractivity contribution is 9.10. The fourth-order valence-electron chi connectivity index (χ4n) is 1.37. The Balaban J connectivity index is 1.99. The van der Waals surface area contributed by atoms with Gasteiger partial charge in [0.05, 0.1) is 5.69 Å². The van der Waals surface area contributed by atoms with E-state index in [-0.39, 0.29) is 5.91 Å². The molecule has 3 N–H and O–H groups in total. The lowest BCUT2D eigenvalue weighted by Gasteiger charge is -2.08. The molecule has 1 amide bonds. The minimum atomic E-state index is -0.252. The molecule has 18 heavy (non-hydrogen) atoms. The number of nitrogens with one attached hydrogen (secondary N) is 3. The number of carbonyl (C=O) groups is 1. The Kier molecular flexibility index (Phi) is 3.93. The number of aryl methyl sites for hydroxylation is 1. The van der Waals surface area contributed by atoms with Crippen LogP contribution in [0.3, 0.4) is 0 Å². The summed E-state index contributed by atoms with van der Waals surface area (Å²) in [5, 5.41) is 0.650. The summed E-state index contributed by atoms with van der Waals surface area (Å²) in [4.78, 5) is 14.6. The number of aromatic amines is 1. The van der Waals surface area contributed by atoms with Crippen molar-refractivity contribution >= 4 is 39.1 Å². The summed E-state index contributed by atoms with van der Waals surface area (Å²) in [6, 6.07) is 7.16. The van der Waals surface area contributed by atoms with Crippen molar-refractivity contribution in [3.05, 3.63) is 51.2 Å². The van der Waals surface area contributed by atoms with Gasteiger partial charge in [-0.25, -0.2) is 0 Å². The molecule has 0 aliphatic rings. The average molecular weight is 329 g/mol. The Hall–Kier alpha value is -1.46. The van der Waals surface area contributed by atoms with Crippen molar-refractivity contribution in [1.29, 1.82) is 0 Å². The summed E-state index contributed by atoms with van der Waals surface area (Å²) in [5.74, 6) is -0.252. The Morgan fingerprint density at radius 1 is 1.39 bits per heavy atom. The number of carbonyl (C=O) groups excluding carboxylic acids is 1. The molecule has 0 radical (unpaired) electrons. The monoisotopic (exact) mass is 327 g/mol. The van der Waals surface area contributed by atoms with Crippen molar-refractivity contribution in [1.82, 2.24) is 10.4 Å². The quantitative estimate of drug-likeness (QED) is 0.755. The maximum Gasteiger partial charge on any atom is 0.286 e. The first-order chi connectivity index (χ1) is 8.56. The van der Waals surface area contributed by atoms with Gasteiger partial charge in [0.2, 0.25) is 0 Å². The normalized spacial score (nSPS) is 10.2. The second-order valence-electron chi connectivity index (χ2n) is 3.77. The molecule has 0 unspecified atom stereocenters. The molecule has 1 aromatic heterocycles. The minimum Gasteiger partial charge on any atom is -0.356 e. The maximum absolute atomic E-state index is 11.7. The standard InChI is InChI=1S/C12H11BrClN3O/c1-7-2-3-9(5-10(7)14)16-17-12(18)11-4-8(13)6-15-11/h2-6,15-16H,1H3,(H,17,18). The van der Waals surface area contributed by atoms with Gasteiger partial charge in [0.25, 0.3) is 5.91 Å². The first-order valence-electron chi connectivity index (χ1n) is 5.22. The number of amides is 1. The van der Waals surface area contributed by atoms with Gasteiger partial charge in [-0.15, -0.1) is 0 Å². The maximum atomic E-state index is 11.7. The Morgan fingerprint density at radius 3 is 2.78 bits per heavy atom. The predicted molar refractivity (Wildman–Crippen MR) is 75.8 cm³/mol. The number of H-pyrrole nitrogens is 1. The smallest absolute Gasteiger partial charge is 0.286 e. The van der Waals surface area contributed by atoms with Gasteiger partial charge in [-0.3, -0.25) is 15.6 Å². The summed E-state index contributed by atoms with van der Waals surface area (Å²) in [5.41, 5.74) is 7.56. The molecule has 0 aliphatic heterocycles. The van der Waals surface area contributed by atoms with Crippen LogP contribution in [-0.4, -0.2) is 10.9 Å². The van der Waals surface area contributed by atoms with Crippen LogP contribution in [0.15, 0.2) is 34.9 Å². The van der Waals surface area contributed by atoms with Crippen LogP contribution in [0.25, 0.3) is 0 Å². The van der Waals surface area contributed by atoms with E-state index in [0.717, 1.165) is 15.7 Å². The molecule has 1 aromatic carbocycles. The van der Waals surface area contributed by atoms with Crippen LogP contribution in [0.4, 0.5) is 5.69 Å². The summed E-state index contributed by atoms with van der Waals surface area (Å²) in [7, 11) is 0. The van der Waals surface area contributed by atoms with E-state index in [1.54, 1.807) is 18.3 Å². The molecule has 1 heterocycles. The van der Waals surface area contributed by atoms with Crippen LogP contribution in [0.5, 0.6) is 0 Å². The van der Waals surface area contributed by atoms with Crippen LogP contribution >= 0.6 is 27.5 Å². The van der Waals surface area contributed by atoms with Gasteiger partial charge in [0, 0.05) is 15.7 Å². The Bertz CT molecular complexity index is 582. The fraction of sp³-hybridized carbons (Fsp3) is 0.0833. The van der Waals surface area contributed by atoms with E-state index in [1.807, 2.05) is 19.1 Å². The van der Waals surface area contributed by atoms with Crippen LogP contribution in [0, 0.1) is 6.92 Å².